The van der Waals surface area contributed by atoms with Gasteiger partial charge in [-0.3, -0.25) is 0 Å². The Bertz CT molecular complexity index is 3590. The van der Waals surface area contributed by atoms with E-state index in [1.54, 1.807) is 0 Å². The third-order valence-corrected chi connectivity index (χ3v) is 13.9. The van der Waals surface area contributed by atoms with Crippen molar-refractivity contribution < 1.29 is 0 Å². The summed E-state index contributed by atoms with van der Waals surface area (Å²) in [5.74, 6) is 0. The van der Waals surface area contributed by atoms with Gasteiger partial charge in [-0.15, -0.1) is 0 Å². The molecule has 11 aromatic rings. The molecule has 0 fully saturated rings. The van der Waals surface area contributed by atoms with E-state index in [0.29, 0.717) is 0 Å². The topological polar surface area (TPSA) is 0 Å². The molecule has 61 heavy (non-hydrogen) atoms. The summed E-state index contributed by atoms with van der Waals surface area (Å²) in [4.78, 5) is 0. The molecule has 2 aliphatic rings. The van der Waals surface area contributed by atoms with E-state index in [1.807, 2.05) is 0 Å². The Hall–Kier alpha value is -7.54. The molecule has 0 unspecified atom stereocenters. The van der Waals surface area contributed by atoms with Crippen molar-refractivity contribution >= 4 is 59.9 Å². The van der Waals surface area contributed by atoms with Gasteiger partial charge in [0.15, 0.2) is 0 Å². The van der Waals surface area contributed by atoms with Gasteiger partial charge < -0.3 is 0 Å². The molecule has 2 aliphatic carbocycles. The zero-order valence-corrected chi connectivity index (χ0v) is 33.7. The predicted octanol–water partition coefficient (Wildman–Crippen LogP) is 16.1. The summed E-state index contributed by atoms with van der Waals surface area (Å²) in [7, 11) is 0. The van der Waals surface area contributed by atoms with Crippen molar-refractivity contribution in [1.82, 2.24) is 0 Å². The smallest absolute Gasteiger partial charge is 0.0720 e. The Balaban J connectivity index is 1.15. The zero-order chi connectivity index (χ0) is 40.1. The van der Waals surface area contributed by atoms with Gasteiger partial charge in [0, 0.05) is 0 Å². The average Bonchev–Trinajstić information content (AvgIpc) is 3.65. The van der Waals surface area contributed by atoms with Crippen LogP contribution in [0.3, 0.4) is 0 Å². The number of aryl methyl sites for hydroxylation is 1. The van der Waals surface area contributed by atoms with Gasteiger partial charge in [-0.1, -0.05) is 194 Å². The molecule has 0 radical (unpaired) electrons. The zero-order valence-electron chi connectivity index (χ0n) is 33.7. The minimum absolute atomic E-state index is 0.593. The molecule has 0 N–H and O–H groups in total. The minimum atomic E-state index is -0.593. The first kappa shape index (κ1) is 34.3. The highest BCUT2D eigenvalue weighted by Crippen LogP contribution is 2.61. The number of allylic oxidation sites excluding steroid dienone is 1. The number of fused-ring (bicyclic) bond motifs is 14. The molecule has 13 rings (SSSR count). The Morgan fingerprint density at radius 3 is 1.66 bits per heavy atom. The van der Waals surface area contributed by atoms with Crippen LogP contribution in [0.15, 0.2) is 212 Å². The lowest BCUT2D eigenvalue weighted by molar-refractivity contribution is 0.776. The molecule has 284 valence electrons. The van der Waals surface area contributed by atoms with E-state index >= 15 is 0 Å². The van der Waals surface area contributed by atoms with E-state index in [0.717, 1.165) is 12.8 Å². The fraction of sp³-hybridized carbons (Fsp3) is 0.0492. The van der Waals surface area contributed by atoms with Crippen molar-refractivity contribution in [2.24, 2.45) is 0 Å². The van der Waals surface area contributed by atoms with E-state index in [9.17, 15) is 0 Å². The standard InChI is InChI=1S/C61H40/c1-3-19-43(20-4-1)61(44-21-5-2-6-22-44)58-38-42(56-36-40-18-8-10-24-46(40)48-26-12-14-28-50(48)56)32-34-54(58)59-52-30-16-15-29-51(52)57-37-41(31-33-53(57)60(59)61)55-35-39-17-7-9-23-45(39)47-25-11-13-27-49(47)55/h1-10,12-24,26-38H,11,25H2. The highest BCUT2D eigenvalue weighted by molar-refractivity contribution is 6.20. The lowest BCUT2D eigenvalue weighted by Crippen LogP contribution is -2.29. The van der Waals surface area contributed by atoms with E-state index in [4.69, 9.17) is 0 Å². The highest BCUT2D eigenvalue weighted by Gasteiger charge is 2.48. The van der Waals surface area contributed by atoms with Crippen LogP contribution in [0.2, 0.25) is 0 Å². The Labute approximate surface area is 355 Å². The van der Waals surface area contributed by atoms with Crippen LogP contribution in [-0.2, 0) is 11.8 Å². The van der Waals surface area contributed by atoms with Crippen molar-refractivity contribution in [3.8, 4) is 33.4 Å². The van der Waals surface area contributed by atoms with Crippen molar-refractivity contribution in [2.75, 3.05) is 0 Å². The summed E-state index contributed by atoms with van der Waals surface area (Å²) in [6.45, 7) is 0. The summed E-state index contributed by atoms with van der Waals surface area (Å²) in [6.07, 6.45) is 6.87. The molecular formula is C61H40. The number of hydrogen-bond acceptors (Lipinski definition) is 0. The first-order valence-corrected chi connectivity index (χ1v) is 21.6. The van der Waals surface area contributed by atoms with Crippen LogP contribution in [0.25, 0.3) is 93.3 Å². The quantitative estimate of drug-likeness (QED) is 0.156. The third kappa shape index (κ3) is 4.88. The van der Waals surface area contributed by atoms with E-state index in [1.165, 1.54) is 121 Å². The molecule has 0 spiro atoms. The van der Waals surface area contributed by atoms with E-state index < -0.39 is 5.41 Å². The molecule has 11 aromatic carbocycles. The second-order valence-corrected chi connectivity index (χ2v) is 17.0. The fourth-order valence-electron chi connectivity index (χ4n) is 11.4. The maximum absolute atomic E-state index is 2.54. The third-order valence-electron chi connectivity index (χ3n) is 13.9. The number of hydrogen-bond donors (Lipinski definition) is 0. The minimum Gasteiger partial charge on any atom is -0.0836 e. The molecule has 0 aromatic heterocycles. The van der Waals surface area contributed by atoms with Crippen molar-refractivity contribution in [3.05, 3.63) is 246 Å². The monoisotopic (exact) mass is 772 g/mol. The molecule has 0 saturated carbocycles. The molecule has 0 aliphatic heterocycles. The van der Waals surface area contributed by atoms with Crippen LogP contribution in [0.5, 0.6) is 0 Å². The maximum Gasteiger partial charge on any atom is 0.0720 e. The van der Waals surface area contributed by atoms with Gasteiger partial charge in [-0.25, -0.2) is 0 Å². The van der Waals surface area contributed by atoms with Crippen molar-refractivity contribution in [1.29, 1.82) is 0 Å². The molecule has 0 saturated heterocycles. The highest BCUT2D eigenvalue weighted by atomic mass is 14.5. The van der Waals surface area contributed by atoms with Gasteiger partial charge in [0.2, 0.25) is 0 Å². The van der Waals surface area contributed by atoms with Crippen LogP contribution in [0.4, 0.5) is 0 Å². The van der Waals surface area contributed by atoms with Crippen LogP contribution >= 0.6 is 0 Å². The van der Waals surface area contributed by atoms with Gasteiger partial charge in [-0.2, -0.15) is 0 Å². The van der Waals surface area contributed by atoms with Crippen molar-refractivity contribution in [3.63, 3.8) is 0 Å². The van der Waals surface area contributed by atoms with Gasteiger partial charge in [-0.05, 0) is 158 Å². The Morgan fingerprint density at radius 2 is 0.918 bits per heavy atom. The number of benzene rings is 11. The molecule has 0 heterocycles. The molecule has 0 atom stereocenters. The van der Waals surface area contributed by atoms with Gasteiger partial charge in [0.1, 0.15) is 0 Å². The lowest BCUT2D eigenvalue weighted by atomic mass is 9.66. The largest absolute Gasteiger partial charge is 0.0836 e. The summed E-state index contributed by atoms with van der Waals surface area (Å²) in [5.41, 5.74) is 15.2. The van der Waals surface area contributed by atoms with Crippen LogP contribution in [0.1, 0.15) is 39.8 Å². The van der Waals surface area contributed by atoms with Crippen LogP contribution in [-0.4, -0.2) is 0 Å². The first-order valence-electron chi connectivity index (χ1n) is 21.6. The fourth-order valence-corrected chi connectivity index (χ4v) is 11.4. The van der Waals surface area contributed by atoms with Crippen LogP contribution in [0, 0.1) is 0 Å². The molecule has 0 bridgehead atoms. The van der Waals surface area contributed by atoms with E-state index in [-0.39, 0.29) is 0 Å². The first-order chi connectivity index (χ1) is 30.3. The maximum atomic E-state index is 2.54. The second kappa shape index (κ2) is 13.2. The van der Waals surface area contributed by atoms with Crippen LogP contribution < -0.4 is 0 Å². The normalized spacial score (nSPS) is 13.8. The van der Waals surface area contributed by atoms with Gasteiger partial charge >= 0.3 is 0 Å². The Kier molecular flexibility index (Phi) is 7.45. The lowest BCUT2D eigenvalue weighted by Gasteiger charge is -2.35. The molecule has 0 amide bonds. The SMILES string of the molecule is C1=Cc2c(-c3ccc4c5c(c6ccccc6c4c3)-c3ccc(-c4cc6ccccc6c6ccccc46)cc3C5(c3ccccc3)c3ccccc3)cc3ccccc3c2CC1. The Morgan fingerprint density at radius 1 is 0.361 bits per heavy atom. The molecular weight excluding hydrogens is 733 g/mol. The predicted molar refractivity (Wildman–Crippen MR) is 260 cm³/mol. The van der Waals surface area contributed by atoms with Gasteiger partial charge in [0.05, 0.1) is 5.41 Å². The van der Waals surface area contributed by atoms with E-state index in [2.05, 4.69) is 218 Å². The molecule has 0 nitrogen and oxygen atoms in total. The average molecular weight is 773 g/mol. The summed E-state index contributed by atoms with van der Waals surface area (Å²) < 4.78 is 0. The summed E-state index contributed by atoms with van der Waals surface area (Å²) in [6, 6.07) is 77.9. The summed E-state index contributed by atoms with van der Waals surface area (Å²) >= 11 is 0. The number of rotatable bonds is 4. The molecule has 0 heteroatoms. The van der Waals surface area contributed by atoms with Crippen molar-refractivity contribution in [2.45, 2.75) is 18.3 Å². The summed E-state index contributed by atoms with van der Waals surface area (Å²) in [5, 5.41) is 13.0. The second-order valence-electron chi connectivity index (χ2n) is 17.0. The van der Waals surface area contributed by atoms with Gasteiger partial charge in [0.25, 0.3) is 0 Å².